The molecular formula is C24H32N4O2S. The number of piperazine rings is 1. The van der Waals surface area contributed by atoms with Gasteiger partial charge < -0.3 is 15.5 Å². The number of benzene rings is 2. The summed E-state index contributed by atoms with van der Waals surface area (Å²) in [4.78, 5) is 29.0. The first-order valence-corrected chi connectivity index (χ1v) is 11.8. The molecule has 6 nitrogen and oxygen atoms in total. The standard InChI is InChI=1S/C24H32N4O2S/c1-19-5-3-8-22(13-19)26-24(30)18-31-17-23(29)25-15-20-6-4-7-21(14-20)16-28-11-9-27(2)10-12-28/h3-8,13-14H,9-12,15-18H2,1-2H3,(H,25,29)(H,26,30). The lowest BCUT2D eigenvalue weighted by Crippen LogP contribution is -2.43. The number of likely N-dealkylation sites (N-methyl/N-ethyl adjacent to an activating group) is 1. The molecule has 166 valence electrons. The molecule has 3 rings (SSSR count). The van der Waals surface area contributed by atoms with Crippen molar-refractivity contribution in [2.24, 2.45) is 0 Å². The highest BCUT2D eigenvalue weighted by Gasteiger charge is 2.14. The van der Waals surface area contributed by atoms with Gasteiger partial charge in [-0.05, 0) is 42.8 Å². The van der Waals surface area contributed by atoms with Crippen LogP contribution in [0.25, 0.3) is 0 Å². The number of rotatable bonds is 9. The van der Waals surface area contributed by atoms with Gasteiger partial charge in [0, 0.05) is 45.0 Å². The van der Waals surface area contributed by atoms with Crippen molar-refractivity contribution in [1.29, 1.82) is 0 Å². The van der Waals surface area contributed by atoms with E-state index in [0.29, 0.717) is 6.54 Å². The molecule has 2 aromatic rings. The van der Waals surface area contributed by atoms with Crippen LogP contribution in [0.2, 0.25) is 0 Å². The molecule has 0 spiro atoms. The highest BCUT2D eigenvalue weighted by atomic mass is 32.2. The molecule has 1 saturated heterocycles. The Morgan fingerprint density at radius 1 is 0.935 bits per heavy atom. The summed E-state index contributed by atoms with van der Waals surface area (Å²) in [5.74, 6) is 0.363. The molecular weight excluding hydrogens is 408 g/mol. The van der Waals surface area contributed by atoms with E-state index in [-0.39, 0.29) is 23.3 Å². The first-order chi connectivity index (χ1) is 15.0. The van der Waals surface area contributed by atoms with Gasteiger partial charge in [0.2, 0.25) is 11.8 Å². The maximum Gasteiger partial charge on any atom is 0.234 e. The van der Waals surface area contributed by atoms with Crippen LogP contribution >= 0.6 is 11.8 Å². The minimum absolute atomic E-state index is 0.0576. The van der Waals surface area contributed by atoms with Crippen molar-refractivity contribution < 1.29 is 9.59 Å². The number of thioether (sulfide) groups is 1. The summed E-state index contributed by atoms with van der Waals surface area (Å²) < 4.78 is 0. The zero-order chi connectivity index (χ0) is 22.1. The number of hydrogen-bond donors (Lipinski definition) is 2. The zero-order valence-corrected chi connectivity index (χ0v) is 19.2. The Labute approximate surface area is 189 Å². The zero-order valence-electron chi connectivity index (χ0n) is 18.4. The predicted octanol–water partition coefficient (Wildman–Crippen LogP) is 2.73. The number of hydrogen-bond acceptors (Lipinski definition) is 5. The average Bonchev–Trinajstić information content (AvgIpc) is 2.74. The van der Waals surface area contributed by atoms with Crippen LogP contribution in [0, 0.1) is 6.92 Å². The van der Waals surface area contributed by atoms with E-state index < -0.39 is 0 Å². The van der Waals surface area contributed by atoms with Crippen LogP contribution in [0.5, 0.6) is 0 Å². The second kappa shape index (κ2) is 11.9. The molecule has 0 radical (unpaired) electrons. The summed E-state index contributed by atoms with van der Waals surface area (Å²) in [5, 5.41) is 5.81. The topological polar surface area (TPSA) is 64.7 Å². The molecule has 1 heterocycles. The summed E-state index contributed by atoms with van der Waals surface area (Å²) in [6.45, 7) is 7.83. The molecule has 2 aromatic carbocycles. The van der Waals surface area contributed by atoms with Crippen LogP contribution in [0.3, 0.4) is 0 Å². The highest BCUT2D eigenvalue weighted by molar-refractivity contribution is 8.00. The summed E-state index contributed by atoms with van der Waals surface area (Å²) in [7, 11) is 2.16. The van der Waals surface area contributed by atoms with Crippen molar-refractivity contribution in [3.05, 3.63) is 65.2 Å². The van der Waals surface area contributed by atoms with Crippen molar-refractivity contribution in [2.75, 3.05) is 50.0 Å². The van der Waals surface area contributed by atoms with E-state index in [9.17, 15) is 9.59 Å². The van der Waals surface area contributed by atoms with E-state index >= 15 is 0 Å². The second-order valence-corrected chi connectivity index (χ2v) is 9.07. The van der Waals surface area contributed by atoms with Crippen LogP contribution in [0.4, 0.5) is 5.69 Å². The van der Waals surface area contributed by atoms with Crippen LogP contribution in [0.15, 0.2) is 48.5 Å². The Kier molecular flexibility index (Phi) is 8.94. The van der Waals surface area contributed by atoms with E-state index in [4.69, 9.17) is 0 Å². The Bertz CT molecular complexity index is 881. The fourth-order valence-corrected chi connectivity index (χ4v) is 4.16. The van der Waals surface area contributed by atoms with Crippen LogP contribution < -0.4 is 10.6 Å². The number of carbonyl (C=O) groups excluding carboxylic acids is 2. The first kappa shape index (κ1) is 23.3. The van der Waals surface area contributed by atoms with Gasteiger partial charge in [-0.15, -0.1) is 11.8 Å². The normalized spacial score (nSPS) is 14.9. The number of anilines is 1. The van der Waals surface area contributed by atoms with Gasteiger partial charge in [0.15, 0.2) is 0 Å². The smallest absolute Gasteiger partial charge is 0.234 e. The lowest BCUT2D eigenvalue weighted by atomic mass is 10.1. The molecule has 7 heteroatoms. The van der Waals surface area contributed by atoms with Crippen molar-refractivity contribution in [1.82, 2.24) is 15.1 Å². The minimum atomic E-state index is -0.0972. The van der Waals surface area contributed by atoms with Gasteiger partial charge in [-0.1, -0.05) is 36.4 Å². The van der Waals surface area contributed by atoms with Crippen molar-refractivity contribution in [3.8, 4) is 0 Å². The second-order valence-electron chi connectivity index (χ2n) is 8.09. The molecule has 0 aromatic heterocycles. The lowest BCUT2D eigenvalue weighted by molar-refractivity contribution is -0.118. The van der Waals surface area contributed by atoms with Crippen LogP contribution in [-0.2, 0) is 22.7 Å². The van der Waals surface area contributed by atoms with Crippen LogP contribution in [0.1, 0.15) is 16.7 Å². The lowest BCUT2D eigenvalue weighted by Gasteiger charge is -2.32. The number of nitrogens with zero attached hydrogens (tertiary/aromatic N) is 2. The maximum absolute atomic E-state index is 12.2. The molecule has 2 N–H and O–H groups in total. The fourth-order valence-electron chi connectivity index (χ4n) is 3.51. The summed E-state index contributed by atoms with van der Waals surface area (Å²) in [6.07, 6.45) is 0. The van der Waals surface area contributed by atoms with Gasteiger partial charge >= 0.3 is 0 Å². The average molecular weight is 441 g/mol. The Morgan fingerprint density at radius 3 is 2.42 bits per heavy atom. The molecule has 0 bridgehead atoms. The van der Waals surface area contributed by atoms with Gasteiger partial charge in [-0.25, -0.2) is 0 Å². The molecule has 0 aliphatic carbocycles. The van der Waals surface area contributed by atoms with Crippen LogP contribution in [-0.4, -0.2) is 66.3 Å². The summed E-state index contributed by atoms with van der Waals surface area (Å²) in [6, 6.07) is 16.1. The molecule has 0 unspecified atom stereocenters. The third kappa shape index (κ3) is 8.36. The molecule has 0 saturated carbocycles. The fraction of sp³-hybridized carbons (Fsp3) is 0.417. The van der Waals surface area contributed by atoms with Crippen molar-refractivity contribution >= 4 is 29.3 Å². The number of amides is 2. The SMILES string of the molecule is Cc1cccc(NC(=O)CSCC(=O)NCc2cccc(CN3CCN(C)CC3)c2)c1. The molecule has 2 amide bonds. The van der Waals surface area contributed by atoms with E-state index in [1.165, 1.54) is 17.3 Å². The number of nitrogens with one attached hydrogen (secondary N) is 2. The molecule has 1 aliphatic rings. The van der Waals surface area contributed by atoms with Gasteiger partial charge in [0.25, 0.3) is 0 Å². The molecule has 1 aliphatic heterocycles. The summed E-state index contributed by atoms with van der Waals surface area (Å²) >= 11 is 1.32. The van der Waals surface area contributed by atoms with Gasteiger partial charge in [-0.2, -0.15) is 0 Å². The van der Waals surface area contributed by atoms with E-state index in [0.717, 1.165) is 49.5 Å². The molecule has 1 fully saturated rings. The van der Waals surface area contributed by atoms with Gasteiger partial charge in [0.05, 0.1) is 11.5 Å². The van der Waals surface area contributed by atoms with Gasteiger partial charge in [0.1, 0.15) is 0 Å². The largest absolute Gasteiger partial charge is 0.351 e. The Balaban J connectivity index is 1.35. The molecule has 31 heavy (non-hydrogen) atoms. The Morgan fingerprint density at radius 2 is 1.65 bits per heavy atom. The van der Waals surface area contributed by atoms with Crippen molar-refractivity contribution in [3.63, 3.8) is 0 Å². The maximum atomic E-state index is 12.2. The highest BCUT2D eigenvalue weighted by Crippen LogP contribution is 2.12. The monoisotopic (exact) mass is 440 g/mol. The number of carbonyl (C=O) groups is 2. The van der Waals surface area contributed by atoms with Gasteiger partial charge in [-0.3, -0.25) is 14.5 Å². The van der Waals surface area contributed by atoms with Crippen molar-refractivity contribution in [2.45, 2.75) is 20.0 Å². The molecule has 0 atom stereocenters. The van der Waals surface area contributed by atoms with E-state index in [1.807, 2.05) is 37.3 Å². The predicted molar refractivity (Wildman–Crippen MR) is 128 cm³/mol. The third-order valence-electron chi connectivity index (χ3n) is 5.25. The number of aryl methyl sites for hydroxylation is 1. The first-order valence-electron chi connectivity index (χ1n) is 10.7. The quantitative estimate of drug-likeness (QED) is 0.628. The summed E-state index contributed by atoms with van der Waals surface area (Å²) in [5.41, 5.74) is 4.25. The third-order valence-corrected chi connectivity index (χ3v) is 6.18. The Hall–Kier alpha value is -2.35. The van der Waals surface area contributed by atoms with E-state index in [1.54, 1.807) is 0 Å². The van der Waals surface area contributed by atoms with E-state index in [2.05, 4.69) is 45.7 Å². The minimum Gasteiger partial charge on any atom is -0.351 e.